The van der Waals surface area contributed by atoms with Crippen molar-refractivity contribution >= 4 is 6.08 Å². The normalized spacial score (nSPS) is 43.0. The first-order valence-corrected chi connectivity index (χ1v) is 15.2. The van der Waals surface area contributed by atoms with Crippen molar-refractivity contribution in [1.82, 2.24) is 0 Å². The molecule has 5 rings (SSSR count). The van der Waals surface area contributed by atoms with Gasteiger partial charge in [0, 0.05) is 0 Å². The number of fused-ring (bicyclic) bond motifs is 5. The average molecular weight is 477 g/mol. The van der Waals surface area contributed by atoms with Crippen LogP contribution in [0, 0.1) is 52.3 Å². The van der Waals surface area contributed by atoms with Crippen molar-refractivity contribution < 1.29 is 5.11 Å². The first-order chi connectivity index (χ1) is 16.7. The van der Waals surface area contributed by atoms with E-state index < -0.39 is 0 Å². The van der Waals surface area contributed by atoms with Gasteiger partial charge in [-0.1, -0.05) is 90.3 Å². The van der Waals surface area contributed by atoms with Crippen molar-refractivity contribution in [3.8, 4) is 0 Å². The van der Waals surface area contributed by atoms with Gasteiger partial charge < -0.3 is 5.11 Å². The first kappa shape index (κ1) is 25.6. The van der Waals surface area contributed by atoms with Crippen LogP contribution >= 0.6 is 0 Å². The number of hydrogen-bond acceptors (Lipinski definition) is 1. The molecule has 0 unspecified atom stereocenters. The zero-order valence-corrected chi connectivity index (χ0v) is 23.3. The summed E-state index contributed by atoms with van der Waals surface area (Å²) in [6.45, 7) is 12.7. The molecular formula is C34H52O. The zero-order valence-electron chi connectivity index (χ0n) is 23.3. The minimum absolute atomic E-state index is 0.249. The molecule has 1 aromatic carbocycles. The lowest BCUT2D eigenvalue weighted by molar-refractivity contribution is -0.117. The van der Waals surface area contributed by atoms with Crippen LogP contribution in [0.1, 0.15) is 111 Å². The molecule has 0 saturated heterocycles. The van der Waals surface area contributed by atoms with Crippen LogP contribution in [-0.2, 0) is 0 Å². The topological polar surface area (TPSA) is 20.2 Å². The zero-order chi connectivity index (χ0) is 24.8. The van der Waals surface area contributed by atoms with Crippen LogP contribution < -0.4 is 0 Å². The molecule has 4 saturated carbocycles. The predicted molar refractivity (Wildman–Crippen MR) is 149 cm³/mol. The second-order valence-corrected chi connectivity index (χ2v) is 14.2. The van der Waals surface area contributed by atoms with E-state index >= 15 is 0 Å². The van der Waals surface area contributed by atoms with Crippen molar-refractivity contribution in [3.05, 3.63) is 41.5 Å². The van der Waals surface area contributed by atoms with Gasteiger partial charge in [-0.15, -0.1) is 0 Å². The Hall–Kier alpha value is -1.08. The largest absolute Gasteiger partial charge is 0.389 e. The Kier molecular flexibility index (Phi) is 7.30. The molecule has 1 nitrogen and oxygen atoms in total. The van der Waals surface area contributed by atoms with Gasteiger partial charge in [0.25, 0.3) is 0 Å². The van der Waals surface area contributed by atoms with E-state index in [1.54, 1.807) is 0 Å². The summed E-state index contributed by atoms with van der Waals surface area (Å²) in [7, 11) is 0. The van der Waals surface area contributed by atoms with Gasteiger partial charge in [0.15, 0.2) is 0 Å². The van der Waals surface area contributed by atoms with Crippen LogP contribution in [0.2, 0.25) is 0 Å². The van der Waals surface area contributed by atoms with Gasteiger partial charge in [-0.05, 0) is 115 Å². The fourth-order valence-electron chi connectivity index (χ4n) is 10.1. The molecule has 1 aromatic rings. The van der Waals surface area contributed by atoms with Crippen molar-refractivity contribution in [2.24, 2.45) is 52.3 Å². The minimum Gasteiger partial charge on any atom is -0.389 e. The van der Waals surface area contributed by atoms with Crippen LogP contribution in [-0.4, -0.2) is 11.2 Å². The number of rotatable bonds is 6. The smallest absolute Gasteiger partial charge is 0.0756 e. The fourth-order valence-corrected chi connectivity index (χ4v) is 10.1. The van der Waals surface area contributed by atoms with E-state index in [0.29, 0.717) is 16.7 Å². The predicted octanol–water partition coefficient (Wildman–Crippen LogP) is 9.16. The molecule has 0 spiro atoms. The molecule has 0 radical (unpaired) electrons. The molecule has 4 fully saturated rings. The van der Waals surface area contributed by atoms with Crippen LogP contribution in [0.3, 0.4) is 0 Å². The third-order valence-electron chi connectivity index (χ3n) is 11.9. The van der Waals surface area contributed by atoms with E-state index in [1.165, 1.54) is 68.9 Å². The third kappa shape index (κ3) is 4.69. The Morgan fingerprint density at radius 2 is 1.66 bits per heavy atom. The second-order valence-electron chi connectivity index (χ2n) is 14.2. The van der Waals surface area contributed by atoms with Gasteiger partial charge in [-0.25, -0.2) is 0 Å². The van der Waals surface area contributed by atoms with E-state index in [-0.39, 0.29) is 6.10 Å². The van der Waals surface area contributed by atoms with Crippen LogP contribution in [0.25, 0.3) is 6.08 Å². The maximum Gasteiger partial charge on any atom is 0.0756 e. The summed E-state index contributed by atoms with van der Waals surface area (Å²) in [4.78, 5) is 0. The highest BCUT2D eigenvalue weighted by Crippen LogP contribution is 2.68. The van der Waals surface area contributed by atoms with E-state index in [4.69, 9.17) is 0 Å². The summed E-state index contributed by atoms with van der Waals surface area (Å²) < 4.78 is 0. The molecule has 1 N–H and O–H groups in total. The summed E-state index contributed by atoms with van der Waals surface area (Å²) in [5, 5.41) is 11.1. The Bertz CT molecular complexity index is 885. The number of aliphatic hydroxyl groups excluding tert-OH is 1. The fraction of sp³-hybridized carbons (Fsp3) is 0.765. The standard InChI is InChI=1S/C34H52O/c1-23(2)10-9-11-24(3)29-16-17-30-28-15-14-27-21-32(35)26(20-25-12-7-6-8-13-25)22-34(27,5)31(28)18-19-33(29,30)4/h6-8,12-13,20,23-24,27-32,35H,9-11,14-19,21-22H2,1-5H3/b26-20-/t24-,27+,28+,29-,30+,31+,32-,33-,34+/m1/s1. The summed E-state index contributed by atoms with van der Waals surface area (Å²) in [6.07, 6.45) is 17.0. The van der Waals surface area contributed by atoms with E-state index in [9.17, 15) is 5.11 Å². The molecule has 4 aliphatic rings. The van der Waals surface area contributed by atoms with Crippen LogP contribution in [0.15, 0.2) is 35.9 Å². The van der Waals surface area contributed by atoms with Gasteiger partial charge in [0.05, 0.1) is 6.10 Å². The maximum absolute atomic E-state index is 11.1. The van der Waals surface area contributed by atoms with Crippen LogP contribution in [0.5, 0.6) is 0 Å². The Balaban J connectivity index is 1.33. The molecule has 0 aromatic heterocycles. The molecule has 0 aliphatic heterocycles. The SMILES string of the molecule is CC(C)CCC[C@@H](C)[C@H]1CC[C@H]2[C@@H]3CC[C@H]4C[C@@H](O)/C(=C\c5ccccc5)C[C@]4(C)[C@H]3CC[C@]12C. The highest BCUT2D eigenvalue weighted by atomic mass is 16.3. The first-order valence-electron chi connectivity index (χ1n) is 15.2. The average Bonchev–Trinajstić information content (AvgIpc) is 3.18. The molecule has 4 aliphatic carbocycles. The van der Waals surface area contributed by atoms with E-state index in [0.717, 1.165) is 48.3 Å². The Morgan fingerprint density at radius 3 is 2.40 bits per heavy atom. The molecule has 194 valence electrons. The molecule has 1 heteroatoms. The molecular weight excluding hydrogens is 424 g/mol. The number of aliphatic hydroxyl groups is 1. The lowest BCUT2D eigenvalue weighted by Crippen LogP contribution is -2.54. The lowest BCUT2D eigenvalue weighted by atomic mass is 9.44. The summed E-state index contributed by atoms with van der Waals surface area (Å²) in [5.41, 5.74) is 3.48. The molecule has 0 heterocycles. The van der Waals surface area contributed by atoms with Crippen molar-refractivity contribution in [2.45, 2.75) is 111 Å². The van der Waals surface area contributed by atoms with Crippen molar-refractivity contribution in [2.75, 3.05) is 0 Å². The highest BCUT2D eigenvalue weighted by Gasteiger charge is 2.60. The maximum atomic E-state index is 11.1. The Labute approximate surface area is 216 Å². The molecule has 35 heavy (non-hydrogen) atoms. The second kappa shape index (κ2) is 10.00. The Morgan fingerprint density at radius 1 is 0.914 bits per heavy atom. The van der Waals surface area contributed by atoms with Gasteiger partial charge in [-0.2, -0.15) is 0 Å². The summed E-state index contributed by atoms with van der Waals surface area (Å²) in [5.74, 6) is 6.06. The summed E-state index contributed by atoms with van der Waals surface area (Å²) >= 11 is 0. The monoisotopic (exact) mass is 476 g/mol. The quantitative estimate of drug-likeness (QED) is 0.434. The van der Waals surface area contributed by atoms with E-state index in [2.05, 4.69) is 71.0 Å². The van der Waals surface area contributed by atoms with Gasteiger partial charge in [0.1, 0.15) is 0 Å². The molecule has 9 atom stereocenters. The molecule has 0 amide bonds. The summed E-state index contributed by atoms with van der Waals surface area (Å²) in [6, 6.07) is 10.7. The minimum atomic E-state index is -0.249. The van der Waals surface area contributed by atoms with Gasteiger partial charge in [-0.3, -0.25) is 0 Å². The highest BCUT2D eigenvalue weighted by molar-refractivity contribution is 5.54. The van der Waals surface area contributed by atoms with Crippen molar-refractivity contribution in [1.29, 1.82) is 0 Å². The number of benzene rings is 1. The van der Waals surface area contributed by atoms with Crippen LogP contribution in [0.4, 0.5) is 0 Å². The van der Waals surface area contributed by atoms with Gasteiger partial charge >= 0.3 is 0 Å². The van der Waals surface area contributed by atoms with Crippen molar-refractivity contribution in [3.63, 3.8) is 0 Å². The van der Waals surface area contributed by atoms with E-state index in [1.807, 2.05) is 0 Å². The lowest BCUT2D eigenvalue weighted by Gasteiger charge is -2.61. The molecule has 0 bridgehead atoms. The number of hydrogen-bond donors (Lipinski definition) is 1. The third-order valence-corrected chi connectivity index (χ3v) is 11.9. The van der Waals surface area contributed by atoms with Gasteiger partial charge in [0.2, 0.25) is 0 Å².